The van der Waals surface area contributed by atoms with Crippen LogP contribution in [0.3, 0.4) is 0 Å². The van der Waals surface area contributed by atoms with Crippen LogP contribution in [0.5, 0.6) is 5.75 Å². The van der Waals surface area contributed by atoms with E-state index in [0.29, 0.717) is 31.7 Å². The molecule has 3 heteroatoms. The van der Waals surface area contributed by atoms with E-state index >= 15 is 0 Å². The molecular formula is C12H14FNO. The first-order valence-corrected chi connectivity index (χ1v) is 4.82. The van der Waals surface area contributed by atoms with Crippen molar-refractivity contribution < 1.29 is 9.13 Å². The van der Waals surface area contributed by atoms with Crippen LogP contribution in [0, 0.1) is 18.2 Å². The molecule has 0 radical (unpaired) electrons. The Labute approximate surface area is 89.2 Å². The summed E-state index contributed by atoms with van der Waals surface area (Å²) in [4.78, 5) is 0. The Morgan fingerprint density at radius 2 is 2.27 bits per heavy atom. The quantitative estimate of drug-likeness (QED) is 0.589. The summed E-state index contributed by atoms with van der Waals surface area (Å²) in [6.45, 7) is 0.911. The molecule has 0 bridgehead atoms. The van der Waals surface area contributed by atoms with E-state index in [1.807, 2.05) is 0 Å². The maximum atomic E-state index is 12.9. The Morgan fingerprint density at radius 1 is 1.47 bits per heavy atom. The third kappa shape index (κ3) is 3.61. The fourth-order valence-electron chi connectivity index (χ4n) is 1.26. The van der Waals surface area contributed by atoms with Crippen LogP contribution in [0.4, 0.5) is 4.39 Å². The number of hydrogen-bond acceptors (Lipinski definition) is 2. The Bertz CT molecular complexity index is 357. The van der Waals surface area contributed by atoms with Crippen LogP contribution in [0.1, 0.15) is 12.0 Å². The minimum Gasteiger partial charge on any atom is -0.492 e. The molecule has 80 valence electrons. The molecule has 0 spiro atoms. The van der Waals surface area contributed by atoms with Crippen molar-refractivity contribution in [2.75, 3.05) is 13.2 Å². The van der Waals surface area contributed by atoms with Gasteiger partial charge in [-0.05, 0) is 36.7 Å². The minimum absolute atomic E-state index is 0.275. The summed E-state index contributed by atoms with van der Waals surface area (Å²) in [6.07, 6.45) is 6.24. The molecule has 0 saturated heterocycles. The summed E-state index contributed by atoms with van der Waals surface area (Å²) in [5, 5.41) is 0. The number of nitrogens with two attached hydrogens (primary N) is 1. The molecule has 0 fully saturated rings. The number of hydrogen-bond donors (Lipinski definition) is 1. The van der Waals surface area contributed by atoms with Gasteiger partial charge in [-0.3, -0.25) is 0 Å². The predicted molar refractivity (Wildman–Crippen MR) is 58.1 cm³/mol. The van der Waals surface area contributed by atoms with Crippen LogP contribution in [0.25, 0.3) is 0 Å². The summed E-state index contributed by atoms with van der Waals surface area (Å²) < 4.78 is 18.4. The lowest BCUT2D eigenvalue weighted by molar-refractivity contribution is 0.323. The highest BCUT2D eigenvalue weighted by molar-refractivity contribution is 5.34. The molecule has 15 heavy (non-hydrogen) atoms. The molecular weight excluding hydrogens is 193 g/mol. The lowest BCUT2D eigenvalue weighted by Crippen LogP contribution is -2.06. The Hall–Kier alpha value is -1.53. The fraction of sp³-hybridized carbons (Fsp3) is 0.333. The molecule has 0 saturated carbocycles. The number of terminal acetylenes is 1. The SMILES string of the molecule is C#CCCOc1ccc(F)cc1CCN. The maximum Gasteiger partial charge on any atom is 0.123 e. The highest BCUT2D eigenvalue weighted by Gasteiger charge is 2.04. The second-order valence-electron chi connectivity index (χ2n) is 3.09. The van der Waals surface area contributed by atoms with E-state index in [4.69, 9.17) is 16.9 Å². The second kappa shape index (κ2) is 6.05. The minimum atomic E-state index is -0.275. The third-order valence-electron chi connectivity index (χ3n) is 1.94. The maximum absolute atomic E-state index is 12.9. The summed E-state index contributed by atoms with van der Waals surface area (Å²) in [5.41, 5.74) is 6.21. The number of benzene rings is 1. The largest absolute Gasteiger partial charge is 0.492 e. The van der Waals surface area contributed by atoms with Crippen LogP contribution in [0.2, 0.25) is 0 Å². The first-order valence-electron chi connectivity index (χ1n) is 4.82. The zero-order chi connectivity index (χ0) is 11.1. The van der Waals surface area contributed by atoms with Gasteiger partial charge in [0.2, 0.25) is 0 Å². The Balaban J connectivity index is 2.72. The Morgan fingerprint density at radius 3 is 2.93 bits per heavy atom. The third-order valence-corrected chi connectivity index (χ3v) is 1.94. The van der Waals surface area contributed by atoms with Crippen LogP contribution in [-0.2, 0) is 6.42 Å². The van der Waals surface area contributed by atoms with Crippen molar-refractivity contribution >= 4 is 0 Å². The normalized spacial score (nSPS) is 9.67. The lowest BCUT2D eigenvalue weighted by atomic mass is 10.1. The van der Waals surface area contributed by atoms with Gasteiger partial charge < -0.3 is 10.5 Å². The molecule has 0 unspecified atom stereocenters. The van der Waals surface area contributed by atoms with Crippen molar-refractivity contribution in [2.24, 2.45) is 5.73 Å². The predicted octanol–water partition coefficient (Wildman–Crippen LogP) is 1.73. The van der Waals surface area contributed by atoms with Gasteiger partial charge in [-0.2, -0.15) is 0 Å². The zero-order valence-corrected chi connectivity index (χ0v) is 8.50. The van der Waals surface area contributed by atoms with Crippen LogP contribution >= 0.6 is 0 Å². The average Bonchev–Trinajstić information content (AvgIpc) is 2.22. The molecule has 2 N–H and O–H groups in total. The number of ether oxygens (including phenoxy) is 1. The van der Waals surface area contributed by atoms with E-state index in [9.17, 15) is 4.39 Å². The van der Waals surface area contributed by atoms with Crippen LogP contribution in [-0.4, -0.2) is 13.2 Å². The van der Waals surface area contributed by atoms with Gasteiger partial charge in [0, 0.05) is 6.42 Å². The smallest absolute Gasteiger partial charge is 0.123 e. The monoisotopic (exact) mass is 207 g/mol. The molecule has 0 aliphatic carbocycles. The van der Waals surface area contributed by atoms with Crippen molar-refractivity contribution in [1.29, 1.82) is 0 Å². The Kier molecular flexibility index (Phi) is 4.65. The van der Waals surface area contributed by atoms with Gasteiger partial charge in [0.25, 0.3) is 0 Å². The van der Waals surface area contributed by atoms with Gasteiger partial charge in [0.15, 0.2) is 0 Å². The van der Waals surface area contributed by atoms with Gasteiger partial charge >= 0.3 is 0 Å². The highest BCUT2D eigenvalue weighted by Crippen LogP contribution is 2.20. The molecule has 0 heterocycles. The van der Waals surface area contributed by atoms with Crippen molar-refractivity contribution in [2.45, 2.75) is 12.8 Å². The van der Waals surface area contributed by atoms with Gasteiger partial charge in [-0.25, -0.2) is 4.39 Å². The van der Waals surface area contributed by atoms with E-state index in [0.717, 1.165) is 5.56 Å². The topological polar surface area (TPSA) is 35.2 Å². The first kappa shape index (κ1) is 11.5. The summed E-state index contributed by atoms with van der Waals surface area (Å²) in [5.74, 6) is 2.87. The fourth-order valence-corrected chi connectivity index (χ4v) is 1.26. The van der Waals surface area contributed by atoms with Gasteiger partial charge in [0.1, 0.15) is 11.6 Å². The highest BCUT2D eigenvalue weighted by atomic mass is 19.1. The summed E-state index contributed by atoms with van der Waals surface area (Å²) in [7, 11) is 0. The number of rotatable bonds is 5. The molecule has 1 aromatic carbocycles. The second-order valence-corrected chi connectivity index (χ2v) is 3.09. The molecule has 0 aliphatic heterocycles. The first-order chi connectivity index (χ1) is 7.27. The van der Waals surface area contributed by atoms with E-state index in [2.05, 4.69) is 5.92 Å². The van der Waals surface area contributed by atoms with Crippen molar-refractivity contribution in [3.63, 3.8) is 0 Å². The van der Waals surface area contributed by atoms with E-state index in [1.165, 1.54) is 12.1 Å². The van der Waals surface area contributed by atoms with E-state index in [1.54, 1.807) is 6.07 Å². The summed E-state index contributed by atoms with van der Waals surface area (Å²) >= 11 is 0. The standard InChI is InChI=1S/C12H14FNO/c1-2-3-8-15-12-5-4-11(13)9-10(12)6-7-14/h1,4-5,9H,3,6-8,14H2. The lowest BCUT2D eigenvalue weighted by Gasteiger charge is -2.09. The van der Waals surface area contributed by atoms with Gasteiger partial charge in [0.05, 0.1) is 6.61 Å². The average molecular weight is 207 g/mol. The number of halogens is 1. The van der Waals surface area contributed by atoms with Crippen LogP contribution < -0.4 is 10.5 Å². The molecule has 2 nitrogen and oxygen atoms in total. The zero-order valence-electron chi connectivity index (χ0n) is 8.50. The van der Waals surface area contributed by atoms with Crippen molar-refractivity contribution in [3.8, 4) is 18.1 Å². The molecule has 1 aromatic rings. The van der Waals surface area contributed by atoms with Crippen LogP contribution in [0.15, 0.2) is 18.2 Å². The van der Waals surface area contributed by atoms with Crippen molar-refractivity contribution in [1.82, 2.24) is 0 Å². The molecule has 0 aromatic heterocycles. The van der Waals surface area contributed by atoms with Gasteiger partial charge in [-0.1, -0.05) is 0 Å². The molecule has 0 atom stereocenters. The molecule has 0 aliphatic rings. The molecule has 1 rings (SSSR count). The van der Waals surface area contributed by atoms with Crippen molar-refractivity contribution in [3.05, 3.63) is 29.6 Å². The van der Waals surface area contributed by atoms with E-state index in [-0.39, 0.29) is 5.82 Å². The van der Waals surface area contributed by atoms with E-state index < -0.39 is 0 Å². The molecule has 0 amide bonds. The summed E-state index contributed by atoms with van der Waals surface area (Å²) in [6, 6.07) is 4.42. The van der Waals surface area contributed by atoms with Gasteiger partial charge in [-0.15, -0.1) is 12.3 Å².